The highest BCUT2D eigenvalue weighted by Crippen LogP contribution is 2.29. The lowest BCUT2D eigenvalue weighted by molar-refractivity contribution is -0.141. The van der Waals surface area contributed by atoms with Gasteiger partial charge in [0, 0.05) is 6.20 Å². The number of carbonyl (C=O) groups excluding carboxylic acids is 1. The van der Waals surface area contributed by atoms with Crippen molar-refractivity contribution in [1.82, 2.24) is 15.1 Å². The Bertz CT molecular complexity index is 709. The van der Waals surface area contributed by atoms with Crippen molar-refractivity contribution in [3.05, 3.63) is 53.3 Å². The van der Waals surface area contributed by atoms with Crippen molar-refractivity contribution in [2.75, 3.05) is 0 Å². The molecule has 1 atom stereocenters. The number of hydrogen-bond donors (Lipinski definition) is 1. The molecule has 4 nitrogen and oxygen atoms in total. The Hall–Kier alpha value is -2.31. The number of alkyl halides is 3. The van der Waals surface area contributed by atoms with Gasteiger partial charge in [-0.05, 0) is 36.5 Å². The van der Waals surface area contributed by atoms with Crippen LogP contribution in [-0.2, 0) is 23.9 Å². The van der Waals surface area contributed by atoms with Gasteiger partial charge in [0.2, 0.25) is 5.91 Å². The molecule has 0 aliphatic heterocycles. The predicted molar refractivity (Wildman–Crippen MR) is 77.5 cm³/mol. The maximum atomic E-state index is 12.5. The molecule has 0 unspecified atom stereocenters. The Morgan fingerprint density at radius 3 is 2.83 bits per heavy atom. The van der Waals surface area contributed by atoms with Gasteiger partial charge in [0.1, 0.15) is 6.54 Å². The van der Waals surface area contributed by atoms with E-state index in [-0.39, 0.29) is 18.5 Å². The summed E-state index contributed by atoms with van der Waals surface area (Å²) in [7, 11) is 0. The summed E-state index contributed by atoms with van der Waals surface area (Å²) in [5.74, 6) is -0.344. The van der Waals surface area contributed by atoms with Gasteiger partial charge in [0.05, 0.1) is 6.04 Å². The SMILES string of the molecule is O=C(Cn1ccc(C(F)(F)F)n1)N[C@@H]1CCCc2ccccc21. The van der Waals surface area contributed by atoms with Crippen LogP contribution in [0.15, 0.2) is 36.5 Å². The van der Waals surface area contributed by atoms with Crippen LogP contribution in [0.1, 0.15) is 35.7 Å². The van der Waals surface area contributed by atoms with E-state index in [0.717, 1.165) is 41.8 Å². The summed E-state index contributed by atoms with van der Waals surface area (Å²) in [5, 5.41) is 6.28. The third-order valence-electron chi connectivity index (χ3n) is 3.94. The molecule has 0 saturated heterocycles. The summed E-state index contributed by atoms with van der Waals surface area (Å²) in [4.78, 5) is 12.1. The van der Waals surface area contributed by atoms with Gasteiger partial charge in [-0.2, -0.15) is 18.3 Å². The molecule has 2 aromatic rings. The van der Waals surface area contributed by atoms with Crippen molar-refractivity contribution < 1.29 is 18.0 Å². The standard InChI is InChI=1S/C16H16F3N3O/c17-16(18,19)14-8-9-22(21-14)10-15(23)20-13-7-3-5-11-4-1-2-6-12(11)13/h1-2,4,6,8-9,13H,3,5,7,10H2,(H,20,23)/t13-/m1/s1. The van der Waals surface area contributed by atoms with E-state index in [1.807, 2.05) is 24.3 Å². The van der Waals surface area contributed by atoms with Gasteiger partial charge < -0.3 is 5.32 Å². The van der Waals surface area contributed by atoms with Crippen molar-refractivity contribution in [3.8, 4) is 0 Å². The highest BCUT2D eigenvalue weighted by molar-refractivity contribution is 5.76. The van der Waals surface area contributed by atoms with Crippen molar-refractivity contribution in [1.29, 1.82) is 0 Å². The minimum Gasteiger partial charge on any atom is -0.348 e. The van der Waals surface area contributed by atoms with E-state index >= 15 is 0 Å². The lowest BCUT2D eigenvalue weighted by atomic mass is 9.88. The number of fused-ring (bicyclic) bond motifs is 1. The van der Waals surface area contributed by atoms with E-state index in [1.165, 1.54) is 5.56 Å². The molecule has 0 radical (unpaired) electrons. The second kappa shape index (κ2) is 6.06. The van der Waals surface area contributed by atoms with Crippen molar-refractivity contribution in [2.45, 2.75) is 38.0 Å². The largest absolute Gasteiger partial charge is 0.435 e. The monoisotopic (exact) mass is 323 g/mol. The van der Waals surface area contributed by atoms with Crippen LogP contribution in [0.5, 0.6) is 0 Å². The molecule has 1 aromatic carbocycles. The lowest BCUT2D eigenvalue weighted by Gasteiger charge is -2.26. The minimum absolute atomic E-state index is 0.0925. The summed E-state index contributed by atoms with van der Waals surface area (Å²) < 4.78 is 38.5. The first-order valence-electron chi connectivity index (χ1n) is 7.41. The number of hydrogen-bond acceptors (Lipinski definition) is 2. The fraction of sp³-hybridized carbons (Fsp3) is 0.375. The van der Waals surface area contributed by atoms with Crippen molar-refractivity contribution in [2.24, 2.45) is 0 Å². The van der Waals surface area contributed by atoms with Gasteiger partial charge in [-0.25, -0.2) is 0 Å². The summed E-state index contributed by atoms with van der Waals surface area (Å²) in [6.07, 6.45) is -0.546. The molecular formula is C16H16F3N3O. The molecule has 1 heterocycles. The number of benzene rings is 1. The molecule has 3 rings (SSSR count). The quantitative estimate of drug-likeness (QED) is 0.943. The maximum absolute atomic E-state index is 12.5. The Labute approximate surface area is 131 Å². The summed E-state index contributed by atoms with van der Waals surface area (Å²) in [6.45, 7) is -0.227. The van der Waals surface area contributed by atoms with Gasteiger partial charge in [-0.1, -0.05) is 24.3 Å². The minimum atomic E-state index is -4.50. The molecule has 1 amide bonds. The van der Waals surface area contributed by atoms with Crippen LogP contribution in [0, 0.1) is 0 Å². The molecule has 0 spiro atoms. The first-order valence-corrected chi connectivity index (χ1v) is 7.41. The number of nitrogens with zero attached hydrogens (tertiary/aromatic N) is 2. The number of halogens is 3. The first-order chi connectivity index (χ1) is 10.9. The fourth-order valence-electron chi connectivity index (χ4n) is 2.89. The second-order valence-electron chi connectivity index (χ2n) is 5.61. The zero-order valence-corrected chi connectivity index (χ0v) is 12.3. The van der Waals surface area contributed by atoms with E-state index in [2.05, 4.69) is 10.4 Å². The fourth-order valence-corrected chi connectivity index (χ4v) is 2.89. The van der Waals surface area contributed by atoms with E-state index in [9.17, 15) is 18.0 Å². The Morgan fingerprint density at radius 2 is 2.09 bits per heavy atom. The second-order valence-corrected chi connectivity index (χ2v) is 5.61. The molecule has 0 saturated carbocycles. The van der Waals surface area contributed by atoms with Gasteiger partial charge in [-0.15, -0.1) is 0 Å². The molecule has 1 aromatic heterocycles. The number of rotatable bonds is 3. The first kappa shape index (κ1) is 15.6. The Morgan fingerprint density at radius 1 is 1.30 bits per heavy atom. The Kier molecular flexibility index (Phi) is 4.11. The van der Waals surface area contributed by atoms with E-state index < -0.39 is 11.9 Å². The molecule has 0 bridgehead atoms. The molecule has 1 aliphatic carbocycles. The van der Waals surface area contributed by atoms with E-state index in [0.29, 0.717) is 0 Å². The average Bonchev–Trinajstić information content (AvgIpc) is 2.96. The van der Waals surface area contributed by atoms with Crippen LogP contribution < -0.4 is 5.32 Å². The maximum Gasteiger partial charge on any atom is 0.435 e. The van der Waals surface area contributed by atoms with E-state index in [1.54, 1.807) is 0 Å². The summed E-state index contributed by atoms with van der Waals surface area (Å²) >= 11 is 0. The molecule has 122 valence electrons. The van der Waals surface area contributed by atoms with Crippen LogP contribution in [-0.4, -0.2) is 15.7 Å². The number of aryl methyl sites for hydroxylation is 1. The highest BCUT2D eigenvalue weighted by atomic mass is 19.4. The predicted octanol–water partition coefficient (Wildman–Crippen LogP) is 3.10. The summed E-state index contributed by atoms with van der Waals surface area (Å²) in [5.41, 5.74) is 1.30. The number of amides is 1. The van der Waals surface area contributed by atoms with Gasteiger partial charge in [0.15, 0.2) is 5.69 Å². The molecule has 0 fully saturated rings. The topological polar surface area (TPSA) is 46.9 Å². The molecule has 7 heteroatoms. The van der Waals surface area contributed by atoms with Gasteiger partial charge in [0.25, 0.3) is 0 Å². The van der Waals surface area contributed by atoms with Crippen molar-refractivity contribution in [3.63, 3.8) is 0 Å². The normalized spacial score (nSPS) is 17.6. The number of carbonyl (C=O) groups is 1. The number of nitrogens with one attached hydrogen (secondary N) is 1. The van der Waals surface area contributed by atoms with Crippen LogP contribution in [0.2, 0.25) is 0 Å². The van der Waals surface area contributed by atoms with Crippen LogP contribution in [0.4, 0.5) is 13.2 Å². The van der Waals surface area contributed by atoms with Crippen LogP contribution in [0.3, 0.4) is 0 Å². The summed E-state index contributed by atoms with van der Waals surface area (Å²) in [6, 6.07) is 8.68. The van der Waals surface area contributed by atoms with Gasteiger partial charge >= 0.3 is 6.18 Å². The zero-order chi connectivity index (χ0) is 16.4. The van der Waals surface area contributed by atoms with Crippen LogP contribution >= 0.6 is 0 Å². The van der Waals surface area contributed by atoms with Crippen molar-refractivity contribution >= 4 is 5.91 Å². The highest BCUT2D eigenvalue weighted by Gasteiger charge is 2.33. The number of aromatic nitrogens is 2. The van der Waals surface area contributed by atoms with Gasteiger partial charge in [-0.3, -0.25) is 9.48 Å². The van der Waals surface area contributed by atoms with E-state index in [4.69, 9.17) is 0 Å². The molecular weight excluding hydrogens is 307 g/mol. The smallest absolute Gasteiger partial charge is 0.348 e. The lowest BCUT2D eigenvalue weighted by Crippen LogP contribution is -2.33. The average molecular weight is 323 g/mol. The zero-order valence-electron chi connectivity index (χ0n) is 12.3. The Balaban J connectivity index is 1.65. The molecule has 1 N–H and O–H groups in total. The third kappa shape index (κ3) is 3.55. The molecule has 1 aliphatic rings. The van der Waals surface area contributed by atoms with Crippen LogP contribution in [0.25, 0.3) is 0 Å². The molecule has 23 heavy (non-hydrogen) atoms. The third-order valence-corrected chi connectivity index (χ3v) is 3.94.